The van der Waals surface area contributed by atoms with Gasteiger partial charge in [0.1, 0.15) is 5.15 Å². The zero-order valence-corrected chi connectivity index (χ0v) is 14.3. The number of nitrogens with zero attached hydrogens (tertiary/aromatic N) is 4. The van der Waals surface area contributed by atoms with E-state index >= 15 is 0 Å². The topological polar surface area (TPSA) is 52.8 Å². The van der Waals surface area contributed by atoms with Crippen LogP contribution in [0.4, 0.5) is 13.2 Å². The van der Waals surface area contributed by atoms with Crippen LogP contribution in [0, 0.1) is 0 Å². The highest BCUT2D eigenvalue weighted by Gasteiger charge is 2.32. The zero-order valence-electron chi connectivity index (χ0n) is 13.5. The molecule has 0 amide bonds. The van der Waals surface area contributed by atoms with Crippen LogP contribution in [0.25, 0.3) is 10.9 Å². The molecule has 0 atom stereocenters. The van der Waals surface area contributed by atoms with Gasteiger partial charge in [0.05, 0.1) is 17.4 Å². The van der Waals surface area contributed by atoms with E-state index in [0.29, 0.717) is 11.7 Å². The molecular weight excluding hydrogens is 369 g/mol. The maximum Gasteiger partial charge on any atom is 0.422 e. The first-order chi connectivity index (χ1) is 12.4. The van der Waals surface area contributed by atoms with Gasteiger partial charge in [-0.25, -0.2) is 9.97 Å². The van der Waals surface area contributed by atoms with Gasteiger partial charge in [-0.2, -0.15) is 18.3 Å². The van der Waals surface area contributed by atoms with Crippen molar-refractivity contribution in [2.24, 2.45) is 0 Å². The van der Waals surface area contributed by atoms with Gasteiger partial charge < -0.3 is 4.74 Å². The van der Waals surface area contributed by atoms with Crippen molar-refractivity contribution in [3.05, 3.63) is 47.0 Å². The summed E-state index contributed by atoms with van der Waals surface area (Å²) in [5.74, 6) is 0.271. The van der Waals surface area contributed by atoms with Gasteiger partial charge in [-0.15, -0.1) is 0 Å². The third-order valence-electron chi connectivity index (χ3n) is 4.10. The van der Waals surface area contributed by atoms with Gasteiger partial charge in [0, 0.05) is 24.2 Å². The molecule has 5 nitrogen and oxygen atoms in total. The monoisotopic (exact) mass is 382 g/mol. The van der Waals surface area contributed by atoms with Crippen molar-refractivity contribution in [1.82, 2.24) is 19.7 Å². The van der Waals surface area contributed by atoms with Crippen LogP contribution in [0.1, 0.15) is 29.9 Å². The third kappa shape index (κ3) is 3.75. The van der Waals surface area contributed by atoms with Gasteiger partial charge >= 0.3 is 6.18 Å². The minimum atomic E-state index is -4.39. The molecule has 0 unspecified atom stereocenters. The zero-order chi connectivity index (χ0) is 18.3. The van der Waals surface area contributed by atoms with Crippen molar-refractivity contribution < 1.29 is 17.9 Å². The van der Waals surface area contributed by atoms with Crippen molar-refractivity contribution in [2.45, 2.75) is 31.5 Å². The Hall–Kier alpha value is -2.35. The lowest BCUT2D eigenvalue weighted by Crippen LogP contribution is -2.20. The van der Waals surface area contributed by atoms with E-state index in [2.05, 4.69) is 15.1 Å². The molecule has 3 heterocycles. The predicted molar refractivity (Wildman–Crippen MR) is 89.4 cm³/mol. The Labute approximate surface area is 151 Å². The summed E-state index contributed by atoms with van der Waals surface area (Å²) < 4.78 is 43.8. The molecule has 9 heteroatoms. The van der Waals surface area contributed by atoms with Crippen LogP contribution < -0.4 is 4.74 Å². The molecule has 1 fully saturated rings. The largest absolute Gasteiger partial charge is 0.468 e. The smallest absolute Gasteiger partial charge is 0.422 e. The number of rotatable bonds is 5. The van der Waals surface area contributed by atoms with Gasteiger partial charge in [0.2, 0.25) is 5.88 Å². The number of aromatic nitrogens is 4. The highest BCUT2D eigenvalue weighted by atomic mass is 35.5. The predicted octanol–water partition coefficient (Wildman–Crippen LogP) is 4.35. The number of halogens is 4. The van der Waals surface area contributed by atoms with Gasteiger partial charge in [-0.05, 0) is 36.5 Å². The minimum absolute atomic E-state index is 0.0615. The standard InChI is InChI=1S/C17H14ClF3N4O/c18-15-13-8-25(24-14(13)3-4-22-15)7-10-5-12(11-1-2-11)16(23-6-10)26-9-17(19,20)21/h3-6,8,11H,1-2,7,9H2. The summed E-state index contributed by atoms with van der Waals surface area (Å²) >= 11 is 6.06. The molecule has 26 heavy (non-hydrogen) atoms. The Bertz CT molecular complexity index is 953. The van der Waals surface area contributed by atoms with E-state index in [1.807, 2.05) is 6.07 Å². The average Bonchev–Trinajstić information content (AvgIpc) is 3.34. The van der Waals surface area contributed by atoms with Crippen LogP contribution in [0.3, 0.4) is 0 Å². The number of pyridine rings is 2. The minimum Gasteiger partial charge on any atom is -0.468 e. The van der Waals surface area contributed by atoms with E-state index in [0.717, 1.165) is 34.9 Å². The summed E-state index contributed by atoms with van der Waals surface area (Å²) in [5.41, 5.74) is 2.29. The highest BCUT2D eigenvalue weighted by molar-refractivity contribution is 6.34. The summed E-state index contributed by atoms with van der Waals surface area (Å²) in [7, 11) is 0. The average molecular weight is 383 g/mol. The van der Waals surface area contributed by atoms with Crippen molar-refractivity contribution in [3.8, 4) is 5.88 Å². The normalized spacial score (nSPS) is 14.8. The molecule has 4 rings (SSSR count). The van der Waals surface area contributed by atoms with Crippen LogP contribution in [0.2, 0.25) is 5.15 Å². The third-order valence-corrected chi connectivity index (χ3v) is 4.40. The molecule has 136 valence electrons. The van der Waals surface area contributed by atoms with E-state index in [1.165, 1.54) is 6.20 Å². The van der Waals surface area contributed by atoms with Crippen LogP contribution in [-0.2, 0) is 6.54 Å². The number of hydrogen-bond donors (Lipinski definition) is 0. The summed E-state index contributed by atoms with van der Waals surface area (Å²) in [5, 5.41) is 5.56. The molecular formula is C17H14ClF3N4O. The Morgan fingerprint density at radius 3 is 2.77 bits per heavy atom. The first-order valence-electron chi connectivity index (χ1n) is 8.05. The number of hydrogen-bond acceptors (Lipinski definition) is 4. The van der Waals surface area contributed by atoms with E-state index in [-0.39, 0.29) is 11.8 Å². The number of ether oxygens (including phenoxy) is 1. The fourth-order valence-corrected chi connectivity index (χ4v) is 2.99. The van der Waals surface area contributed by atoms with E-state index in [4.69, 9.17) is 16.3 Å². The van der Waals surface area contributed by atoms with Gasteiger partial charge in [-0.3, -0.25) is 4.68 Å². The SMILES string of the molecule is FC(F)(F)COc1ncc(Cn2cc3c(Cl)nccc3n2)cc1C1CC1. The van der Waals surface area contributed by atoms with Crippen LogP contribution >= 0.6 is 11.6 Å². The lowest BCUT2D eigenvalue weighted by molar-refractivity contribution is -0.154. The molecule has 1 aliphatic carbocycles. The first kappa shape index (κ1) is 17.1. The van der Waals surface area contributed by atoms with Crippen LogP contribution in [0.5, 0.6) is 5.88 Å². The summed E-state index contributed by atoms with van der Waals surface area (Å²) in [6.07, 6.45) is 2.37. The second-order valence-corrected chi connectivity index (χ2v) is 6.64. The Balaban J connectivity index is 1.58. The van der Waals surface area contributed by atoms with Crippen molar-refractivity contribution in [2.75, 3.05) is 6.61 Å². The highest BCUT2D eigenvalue weighted by Crippen LogP contribution is 2.44. The maximum absolute atomic E-state index is 12.4. The van der Waals surface area contributed by atoms with Gasteiger partial charge in [0.15, 0.2) is 6.61 Å². The quantitative estimate of drug-likeness (QED) is 0.616. The lowest BCUT2D eigenvalue weighted by atomic mass is 10.1. The van der Waals surface area contributed by atoms with Crippen molar-refractivity contribution >= 4 is 22.5 Å². The van der Waals surface area contributed by atoms with Crippen molar-refractivity contribution in [1.29, 1.82) is 0 Å². The fourth-order valence-electron chi connectivity index (χ4n) is 2.79. The number of fused-ring (bicyclic) bond motifs is 1. The molecule has 0 spiro atoms. The Morgan fingerprint density at radius 1 is 1.27 bits per heavy atom. The molecule has 0 saturated heterocycles. The first-order valence-corrected chi connectivity index (χ1v) is 8.43. The lowest BCUT2D eigenvalue weighted by Gasteiger charge is -2.13. The maximum atomic E-state index is 12.4. The Morgan fingerprint density at radius 2 is 2.08 bits per heavy atom. The number of alkyl halides is 3. The molecule has 0 aliphatic heterocycles. The second kappa shape index (κ2) is 6.42. The molecule has 0 N–H and O–H groups in total. The molecule has 0 aromatic carbocycles. The van der Waals surface area contributed by atoms with Crippen LogP contribution in [0.15, 0.2) is 30.7 Å². The second-order valence-electron chi connectivity index (χ2n) is 6.28. The Kier molecular flexibility index (Phi) is 4.22. The fraction of sp³-hybridized carbons (Fsp3) is 0.353. The molecule has 0 bridgehead atoms. The van der Waals surface area contributed by atoms with Crippen LogP contribution in [-0.4, -0.2) is 32.5 Å². The molecule has 1 saturated carbocycles. The summed E-state index contributed by atoms with van der Waals surface area (Å²) in [6.45, 7) is -0.910. The molecule has 3 aromatic heterocycles. The molecule has 0 radical (unpaired) electrons. The van der Waals surface area contributed by atoms with E-state index in [1.54, 1.807) is 23.1 Å². The summed E-state index contributed by atoms with van der Waals surface area (Å²) in [4.78, 5) is 8.13. The van der Waals surface area contributed by atoms with E-state index in [9.17, 15) is 13.2 Å². The molecule has 3 aromatic rings. The molecule has 1 aliphatic rings. The summed E-state index contributed by atoms with van der Waals surface area (Å²) in [6, 6.07) is 3.61. The van der Waals surface area contributed by atoms with Crippen molar-refractivity contribution in [3.63, 3.8) is 0 Å². The van der Waals surface area contributed by atoms with Gasteiger partial charge in [-0.1, -0.05) is 11.6 Å². The van der Waals surface area contributed by atoms with Gasteiger partial charge in [0.25, 0.3) is 0 Å². The van der Waals surface area contributed by atoms with E-state index < -0.39 is 12.8 Å².